The van der Waals surface area contributed by atoms with Gasteiger partial charge < -0.3 is 4.90 Å². The van der Waals surface area contributed by atoms with E-state index in [1.807, 2.05) is 30.9 Å². The highest BCUT2D eigenvalue weighted by molar-refractivity contribution is 7.80. The summed E-state index contributed by atoms with van der Waals surface area (Å²) < 4.78 is 0. The van der Waals surface area contributed by atoms with Crippen LogP contribution in [0.5, 0.6) is 0 Å². The van der Waals surface area contributed by atoms with Gasteiger partial charge in [0.1, 0.15) is 0 Å². The van der Waals surface area contributed by atoms with Gasteiger partial charge >= 0.3 is 0 Å². The Labute approximate surface area is 121 Å². The number of benzene rings is 1. The zero-order chi connectivity index (χ0) is 14.0. The van der Waals surface area contributed by atoms with Crippen LogP contribution in [0.1, 0.15) is 39.2 Å². The van der Waals surface area contributed by atoms with Crippen LogP contribution in [0.2, 0.25) is 0 Å². The van der Waals surface area contributed by atoms with E-state index in [4.69, 9.17) is 0 Å². The number of hydrogen-bond donors (Lipinski definition) is 1. The SMILES string of the molecule is CCCC(CS)CN1C(=O)C(C)(C)c2ccccc21. The first-order chi connectivity index (χ1) is 9.02. The number of amides is 1. The van der Waals surface area contributed by atoms with Crippen molar-refractivity contribution in [1.82, 2.24) is 0 Å². The fourth-order valence-corrected chi connectivity index (χ4v) is 3.19. The Morgan fingerprint density at radius 1 is 1.32 bits per heavy atom. The molecule has 2 rings (SSSR count). The summed E-state index contributed by atoms with van der Waals surface area (Å²) in [7, 11) is 0. The Bertz CT molecular complexity index is 470. The quantitative estimate of drug-likeness (QED) is 0.814. The molecule has 1 aromatic carbocycles. The van der Waals surface area contributed by atoms with Crippen molar-refractivity contribution in [2.75, 3.05) is 17.2 Å². The van der Waals surface area contributed by atoms with E-state index in [9.17, 15) is 4.79 Å². The molecule has 0 aliphatic carbocycles. The molecule has 1 aromatic rings. The number of carbonyl (C=O) groups excluding carboxylic acids is 1. The molecule has 1 atom stereocenters. The molecule has 2 nitrogen and oxygen atoms in total. The summed E-state index contributed by atoms with van der Waals surface area (Å²) in [6.07, 6.45) is 2.26. The lowest BCUT2D eigenvalue weighted by molar-refractivity contribution is -0.122. The van der Waals surface area contributed by atoms with Crippen molar-refractivity contribution in [3.63, 3.8) is 0 Å². The summed E-state index contributed by atoms with van der Waals surface area (Å²) in [6.45, 7) is 7.00. The van der Waals surface area contributed by atoms with Gasteiger partial charge in [-0.05, 0) is 43.6 Å². The minimum atomic E-state index is -0.399. The minimum absolute atomic E-state index is 0.219. The fraction of sp³-hybridized carbons (Fsp3) is 0.562. The van der Waals surface area contributed by atoms with Crippen molar-refractivity contribution < 1.29 is 4.79 Å². The molecule has 0 spiro atoms. The van der Waals surface area contributed by atoms with Gasteiger partial charge in [-0.25, -0.2) is 0 Å². The molecule has 19 heavy (non-hydrogen) atoms. The topological polar surface area (TPSA) is 20.3 Å². The zero-order valence-corrected chi connectivity index (χ0v) is 12.9. The number of hydrogen-bond acceptors (Lipinski definition) is 2. The molecule has 1 aliphatic rings. The maximum Gasteiger partial charge on any atom is 0.237 e. The second-order valence-corrected chi connectivity index (χ2v) is 6.26. The predicted octanol–water partition coefficient (Wildman–Crippen LogP) is 3.66. The Hall–Kier alpha value is -0.960. The summed E-state index contributed by atoms with van der Waals surface area (Å²) in [5.74, 6) is 1.52. The maximum atomic E-state index is 12.6. The summed E-state index contributed by atoms with van der Waals surface area (Å²) in [5, 5.41) is 0. The summed E-state index contributed by atoms with van der Waals surface area (Å²) in [5.41, 5.74) is 1.83. The van der Waals surface area contributed by atoms with Gasteiger partial charge in [0.2, 0.25) is 5.91 Å². The summed E-state index contributed by atoms with van der Waals surface area (Å²) >= 11 is 4.43. The lowest BCUT2D eigenvalue weighted by atomic mass is 9.86. The molecule has 0 saturated carbocycles. The van der Waals surface area contributed by atoms with Crippen molar-refractivity contribution in [2.45, 2.75) is 39.0 Å². The Morgan fingerprint density at radius 3 is 2.63 bits per heavy atom. The number of para-hydroxylation sites is 1. The van der Waals surface area contributed by atoms with Crippen LogP contribution in [-0.2, 0) is 10.2 Å². The number of carbonyl (C=O) groups is 1. The average Bonchev–Trinajstić information content (AvgIpc) is 2.60. The molecule has 1 aliphatic heterocycles. The zero-order valence-electron chi connectivity index (χ0n) is 12.0. The fourth-order valence-electron chi connectivity index (χ4n) is 2.89. The van der Waals surface area contributed by atoms with E-state index in [0.29, 0.717) is 5.92 Å². The van der Waals surface area contributed by atoms with E-state index in [-0.39, 0.29) is 5.91 Å². The van der Waals surface area contributed by atoms with Gasteiger partial charge in [0.15, 0.2) is 0 Å². The van der Waals surface area contributed by atoms with Crippen LogP contribution < -0.4 is 4.90 Å². The number of rotatable bonds is 5. The first-order valence-corrected chi connectivity index (χ1v) is 7.68. The third kappa shape index (κ3) is 2.53. The van der Waals surface area contributed by atoms with Gasteiger partial charge in [-0.3, -0.25) is 4.79 Å². The number of fused-ring (bicyclic) bond motifs is 1. The third-order valence-corrected chi connectivity index (χ3v) is 4.56. The molecule has 0 saturated heterocycles. The Kier molecular flexibility index (Phi) is 4.24. The molecule has 1 heterocycles. The molecule has 1 amide bonds. The van der Waals surface area contributed by atoms with Crippen LogP contribution in [0.25, 0.3) is 0 Å². The molecule has 0 N–H and O–H groups in total. The van der Waals surface area contributed by atoms with E-state index in [1.165, 1.54) is 0 Å². The van der Waals surface area contributed by atoms with Crippen LogP contribution in [0.15, 0.2) is 24.3 Å². The van der Waals surface area contributed by atoms with Crippen LogP contribution in [0.3, 0.4) is 0 Å². The van der Waals surface area contributed by atoms with E-state index < -0.39 is 5.41 Å². The van der Waals surface area contributed by atoms with Gasteiger partial charge in [0.25, 0.3) is 0 Å². The molecular formula is C16H23NOS. The van der Waals surface area contributed by atoms with Crippen molar-refractivity contribution in [2.24, 2.45) is 5.92 Å². The van der Waals surface area contributed by atoms with Crippen LogP contribution in [-0.4, -0.2) is 18.2 Å². The Balaban J connectivity index is 2.29. The van der Waals surface area contributed by atoms with Crippen molar-refractivity contribution >= 4 is 24.2 Å². The Morgan fingerprint density at radius 2 is 2.00 bits per heavy atom. The molecule has 0 radical (unpaired) electrons. The van der Waals surface area contributed by atoms with E-state index in [0.717, 1.165) is 36.4 Å². The molecule has 0 aromatic heterocycles. The first kappa shape index (κ1) is 14.4. The predicted molar refractivity (Wildman–Crippen MR) is 84.1 cm³/mol. The summed E-state index contributed by atoms with van der Waals surface area (Å²) in [6, 6.07) is 8.15. The third-order valence-electron chi connectivity index (χ3n) is 4.04. The van der Waals surface area contributed by atoms with Gasteiger partial charge in [0, 0.05) is 12.2 Å². The normalized spacial score (nSPS) is 18.5. The van der Waals surface area contributed by atoms with Crippen molar-refractivity contribution in [3.8, 4) is 0 Å². The smallest absolute Gasteiger partial charge is 0.237 e. The van der Waals surface area contributed by atoms with Crippen LogP contribution >= 0.6 is 12.6 Å². The monoisotopic (exact) mass is 277 g/mol. The second kappa shape index (κ2) is 5.58. The number of anilines is 1. The molecule has 104 valence electrons. The lowest BCUT2D eigenvalue weighted by Gasteiger charge is -2.25. The van der Waals surface area contributed by atoms with Crippen LogP contribution in [0.4, 0.5) is 5.69 Å². The van der Waals surface area contributed by atoms with Gasteiger partial charge in [-0.15, -0.1) is 0 Å². The standard InChI is InChI=1S/C16H23NOS/c1-4-7-12(11-19)10-17-14-9-6-5-8-13(14)16(2,3)15(17)18/h5-6,8-9,12,19H,4,7,10-11H2,1-3H3. The molecular weight excluding hydrogens is 254 g/mol. The van der Waals surface area contributed by atoms with E-state index in [2.05, 4.69) is 31.7 Å². The summed E-state index contributed by atoms with van der Waals surface area (Å²) in [4.78, 5) is 14.6. The minimum Gasteiger partial charge on any atom is -0.311 e. The van der Waals surface area contributed by atoms with Gasteiger partial charge in [-0.2, -0.15) is 12.6 Å². The number of nitrogens with zero attached hydrogens (tertiary/aromatic N) is 1. The number of thiol groups is 1. The average molecular weight is 277 g/mol. The molecule has 1 unspecified atom stereocenters. The van der Waals surface area contributed by atoms with E-state index in [1.54, 1.807) is 0 Å². The highest BCUT2D eigenvalue weighted by atomic mass is 32.1. The van der Waals surface area contributed by atoms with Gasteiger partial charge in [0.05, 0.1) is 5.41 Å². The molecule has 0 fully saturated rings. The molecule has 3 heteroatoms. The maximum absolute atomic E-state index is 12.6. The largest absolute Gasteiger partial charge is 0.311 e. The van der Waals surface area contributed by atoms with Crippen LogP contribution in [0, 0.1) is 5.92 Å². The van der Waals surface area contributed by atoms with Crippen molar-refractivity contribution in [3.05, 3.63) is 29.8 Å². The first-order valence-electron chi connectivity index (χ1n) is 7.04. The van der Waals surface area contributed by atoms with E-state index >= 15 is 0 Å². The highest BCUT2D eigenvalue weighted by Crippen LogP contribution is 2.41. The van der Waals surface area contributed by atoms with Gasteiger partial charge in [-0.1, -0.05) is 31.5 Å². The molecule has 0 bridgehead atoms. The lowest BCUT2D eigenvalue weighted by Crippen LogP contribution is -2.39. The second-order valence-electron chi connectivity index (χ2n) is 5.90. The van der Waals surface area contributed by atoms with Crippen molar-refractivity contribution in [1.29, 1.82) is 0 Å². The highest BCUT2D eigenvalue weighted by Gasteiger charge is 2.43.